The van der Waals surface area contributed by atoms with Crippen LogP contribution in [0, 0.1) is 10.5 Å². The third-order valence-corrected chi connectivity index (χ3v) is 8.55. The molecule has 0 aliphatic carbocycles. The Kier molecular flexibility index (Phi) is 9.27. The van der Waals surface area contributed by atoms with Gasteiger partial charge in [-0.25, -0.2) is 9.79 Å². The first kappa shape index (κ1) is 29.8. The molecule has 2 heterocycles. The molecule has 0 amide bonds. The van der Waals surface area contributed by atoms with Crippen LogP contribution in [0.25, 0.3) is 6.08 Å². The Bertz CT molecular complexity index is 1830. The van der Waals surface area contributed by atoms with Gasteiger partial charge in [0.2, 0.25) is 0 Å². The van der Waals surface area contributed by atoms with E-state index in [1.807, 2.05) is 86.7 Å². The highest BCUT2D eigenvalue weighted by atomic mass is 127. The number of ether oxygens (including phenoxy) is 3. The molecule has 216 valence electrons. The molecule has 0 bridgehead atoms. The van der Waals surface area contributed by atoms with Gasteiger partial charge in [-0.05, 0) is 85.2 Å². The Labute approximate surface area is 261 Å². The molecular formula is C33H31IN2O5S. The molecule has 0 fully saturated rings. The van der Waals surface area contributed by atoms with Gasteiger partial charge in [0.15, 0.2) is 16.3 Å². The Morgan fingerprint density at radius 3 is 2.45 bits per heavy atom. The molecule has 7 nitrogen and oxygen atoms in total. The summed E-state index contributed by atoms with van der Waals surface area (Å²) in [5, 5.41) is 0. The second kappa shape index (κ2) is 13.1. The molecular weight excluding hydrogens is 663 g/mol. The molecule has 1 aliphatic rings. The van der Waals surface area contributed by atoms with Gasteiger partial charge < -0.3 is 14.2 Å². The van der Waals surface area contributed by atoms with Crippen LogP contribution in [0.5, 0.6) is 11.5 Å². The number of carbonyl (C=O) groups excluding carboxylic acids is 1. The minimum absolute atomic E-state index is 0.226. The van der Waals surface area contributed by atoms with E-state index in [9.17, 15) is 9.59 Å². The fourth-order valence-electron chi connectivity index (χ4n) is 4.81. The van der Waals surface area contributed by atoms with Crippen molar-refractivity contribution in [2.45, 2.75) is 40.3 Å². The van der Waals surface area contributed by atoms with Gasteiger partial charge in [0, 0.05) is 0 Å². The van der Waals surface area contributed by atoms with Crippen LogP contribution in [-0.4, -0.2) is 23.8 Å². The lowest BCUT2D eigenvalue weighted by atomic mass is 9.95. The highest BCUT2D eigenvalue weighted by Crippen LogP contribution is 2.35. The van der Waals surface area contributed by atoms with Crippen molar-refractivity contribution in [3.63, 3.8) is 0 Å². The minimum atomic E-state index is -0.643. The molecule has 3 aromatic carbocycles. The van der Waals surface area contributed by atoms with Gasteiger partial charge in [0.1, 0.15) is 6.61 Å². The van der Waals surface area contributed by atoms with E-state index < -0.39 is 12.0 Å². The van der Waals surface area contributed by atoms with Gasteiger partial charge in [-0.1, -0.05) is 71.5 Å². The number of halogens is 1. The SMILES string of the molecule is CCOC(=O)C1=C(C)N=c2s/c(=C\c3cc(I)c(OCc4ccccc4)c(OCC)c3)c(=O)n2[C@@H]1c1ccc(C)cc1. The molecule has 1 atom stereocenters. The number of allylic oxidation sites excluding steroid dienone is 1. The lowest BCUT2D eigenvalue weighted by Crippen LogP contribution is -2.39. The average Bonchev–Trinajstić information content (AvgIpc) is 3.27. The summed E-state index contributed by atoms with van der Waals surface area (Å²) < 4.78 is 20.5. The summed E-state index contributed by atoms with van der Waals surface area (Å²) in [6, 6.07) is 21.0. The maximum Gasteiger partial charge on any atom is 0.338 e. The summed E-state index contributed by atoms with van der Waals surface area (Å²) in [5.74, 6) is 0.798. The first-order chi connectivity index (χ1) is 20.3. The topological polar surface area (TPSA) is 79.1 Å². The highest BCUT2D eigenvalue weighted by Gasteiger charge is 2.33. The maximum absolute atomic E-state index is 14.0. The van der Waals surface area contributed by atoms with Crippen molar-refractivity contribution in [1.82, 2.24) is 4.57 Å². The first-order valence-electron chi connectivity index (χ1n) is 13.7. The number of benzene rings is 3. The standard InChI is InChI=1S/C33H31IN2O5S/c1-5-39-26-17-23(16-25(34)30(26)41-19-22-10-8-7-9-11-22)18-27-31(37)36-29(24-14-12-20(3)13-15-24)28(32(38)40-6-2)21(4)35-33(36)42-27/h7-18,29H,5-6,19H2,1-4H3/b27-18-/t29-/m1/s1. The normalized spacial score (nSPS) is 14.8. The Morgan fingerprint density at radius 2 is 1.76 bits per heavy atom. The van der Waals surface area contributed by atoms with E-state index in [2.05, 4.69) is 27.6 Å². The van der Waals surface area contributed by atoms with Crippen LogP contribution in [0.2, 0.25) is 0 Å². The lowest BCUT2D eigenvalue weighted by Gasteiger charge is -2.24. The number of nitrogens with zero attached hydrogens (tertiary/aromatic N) is 2. The summed E-state index contributed by atoms with van der Waals surface area (Å²) in [5.41, 5.74) is 4.44. The summed E-state index contributed by atoms with van der Waals surface area (Å²) in [6.45, 7) is 8.58. The lowest BCUT2D eigenvalue weighted by molar-refractivity contribution is -0.139. The average molecular weight is 695 g/mol. The third-order valence-electron chi connectivity index (χ3n) is 6.77. The predicted octanol–water partition coefficient (Wildman–Crippen LogP) is 5.69. The summed E-state index contributed by atoms with van der Waals surface area (Å²) in [4.78, 5) is 32.3. The molecule has 9 heteroatoms. The van der Waals surface area contributed by atoms with Crippen molar-refractivity contribution in [3.8, 4) is 11.5 Å². The number of rotatable bonds is 9. The Morgan fingerprint density at radius 1 is 1.02 bits per heavy atom. The van der Waals surface area contributed by atoms with Crippen molar-refractivity contribution in [2.75, 3.05) is 13.2 Å². The molecule has 0 radical (unpaired) electrons. The number of aromatic nitrogens is 1. The number of esters is 1. The fourth-order valence-corrected chi connectivity index (χ4v) is 6.64. The van der Waals surface area contributed by atoms with Crippen LogP contribution in [0.1, 0.15) is 49.1 Å². The molecule has 5 rings (SSSR count). The molecule has 0 N–H and O–H groups in total. The van der Waals surface area contributed by atoms with E-state index in [1.54, 1.807) is 18.4 Å². The van der Waals surface area contributed by atoms with E-state index in [4.69, 9.17) is 14.2 Å². The quantitative estimate of drug-likeness (QED) is 0.166. The molecule has 0 saturated heterocycles. The van der Waals surface area contributed by atoms with Crippen LogP contribution >= 0.6 is 33.9 Å². The number of hydrogen-bond donors (Lipinski definition) is 0. The van der Waals surface area contributed by atoms with Gasteiger partial charge in [0.05, 0.1) is 38.6 Å². The van der Waals surface area contributed by atoms with E-state index >= 15 is 0 Å². The summed E-state index contributed by atoms with van der Waals surface area (Å²) in [6.07, 6.45) is 1.84. The van der Waals surface area contributed by atoms with Crippen LogP contribution in [0.15, 0.2) is 87.8 Å². The Balaban J connectivity index is 1.59. The van der Waals surface area contributed by atoms with Gasteiger partial charge in [-0.2, -0.15) is 0 Å². The Hall–Kier alpha value is -3.70. The van der Waals surface area contributed by atoms with Gasteiger partial charge in [0.25, 0.3) is 5.56 Å². The minimum Gasteiger partial charge on any atom is -0.490 e. The third kappa shape index (κ3) is 6.22. The smallest absolute Gasteiger partial charge is 0.338 e. The molecule has 42 heavy (non-hydrogen) atoms. The highest BCUT2D eigenvalue weighted by molar-refractivity contribution is 14.1. The van der Waals surface area contributed by atoms with Crippen molar-refractivity contribution < 1.29 is 19.0 Å². The summed E-state index contributed by atoms with van der Waals surface area (Å²) >= 11 is 3.53. The van der Waals surface area contributed by atoms with Crippen LogP contribution in [0.4, 0.5) is 0 Å². The van der Waals surface area contributed by atoms with E-state index in [0.717, 1.165) is 25.8 Å². The number of fused-ring (bicyclic) bond motifs is 1. The molecule has 0 spiro atoms. The van der Waals surface area contributed by atoms with E-state index in [-0.39, 0.29) is 12.2 Å². The number of aryl methyl sites for hydroxylation is 1. The van der Waals surface area contributed by atoms with Gasteiger partial charge in [-0.3, -0.25) is 9.36 Å². The van der Waals surface area contributed by atoms with Crippen molar-refractivity contribution in [2.24, 2.45) is 4.99 Å². The number of hydrogen-bond acceptors (Lipinski definition) is 7. The van der Waals surface area contributed by atoms with Crippen LogP contribution in [0.3, 0.4) is 0 Å². The predicted molar refractivity (Wildman–Crippen MR) is 173 cm³/mol. The van der Waals surface area contributed by atoms with Gasteiger partial charge >= 0.3 is 5.97 Å². The zero-order valence-corrected chi connectivity index (χ0v) is 26.8. The van der Waals surface area contributed by atoms with Gasteiger partial charge in [-0.15, -0.1) is 0 Å². The van der Waals surface area contributed by atoms with Crippen LogP contribution in [-0.2, 0) is 16.1 Å². The first-order valence-corrected chi connectivity index (χ1v) is 15.6. The molecule has 1 aromatic heterocycles. The zero-order valence-electron chi connectivity index (χ0n) is 23.8. The van der Waals surface area contributed by atoms with Crippen molar-refractivity contribution in [1.29, 1.82) is 0 Å². The number of carbonyl (C=O) groups is 1. The molecule has 4 aromatic rings. The molecule has 0 unspecified atom stereocenters. The van der Waals surface area contributed by atoms with Crippen molar-refractivity contribution in [3.05, 3.63) is 124 Å². The monoisotopic (exact) mass is 694 g/mol. The van der Waals surface area contributed by atoms with E-state index in [1.165, 1.54) is 11.3 Å². The summed E-state index contributed by atoms with van der Waals surface area (Å²) in [7, 11) is 0. The van der Waals surface area contributed by atoms with E-state index in [0.29, 0.717) is 45.3 Å². The van der Waals surface area contributed by atoms with Crippen LogP contribution < -0.4 is 24.4 Å². The second-order valence-corrected chi connectivity index (χ2v) is 11.9. The maximum atomic E-state index is 14.0. The fraction of sp³-hybridized carbons (Fsp3) is 0.242. The number of thiazole rings is 1. The largest absolute Gasteiger partial charge is 0.490 e. The zero-order chi connectivity index (χ0) is 29.8. The molecule has 0 saturated carbocycles. The second-order valence-electron chi connectivity index (χ2n) is 9.75. The molecule has 1 aliphatic heterocycles. The van der Waals surface area contributed by atoms with Crippen molar-refractivity contribution >= 4 is 46.0 Å².